The third-order valence-electron chi connectivity index (χ3n) is 3.07. The molecule has 0 fully saturated rings. The molecule has 106 valence electrons. The zero-order chi connectivity index (χ0) is 14.8. The molecule has 1 amide bonds. The molecule has 1 heterocycles. The van der Waals surface area contributed by atoms with E-state index in [9.17, 15) is 4.79 Å². The van der Waals surface area contributed by atoms with Crippen LogP contribution in [0, 0.1) is 6.92 Å². The van der Waals surface area contributed by atoms with Gasteiger partial charge in [-0.05, 0) is 45.8 Å². The Bertz CT molecular complexity index is 811. The molecule has 0 spiro atoms. The van der Waals surface area contributed by atoms with Gasteiger partial charge in [0.1, 0.15) is 5.52 Å². The number of carbonyl (C=O) groups is 1. The van der Waals surface area contributed by atoms with Crippen molar-refractivity contribution in [1.29, 1.82) is 0 Å². The number of halogens is 1. The van der Waals surface area contributed by atoms with Gasteiger partial charge >= 0.3 is 0 Å². The van der Waals surface area contributed by atoms with Crippen LogP contribution in [0.2, 0.25) is 0 Å². The summed E-state index contributed by atoms with van der Waals surface area (Å²) in [4.78, 5) is 16.3. The highest BCUT2D eigenvalue weighted by Gasteiger charge is 2.08. The van der Waals surface area contributed by atoms with Crippen molar-refractivity contribution >= 4 is 38.6 Å². The molecule has 0 aliphatic rings. The van der Waals surface area contributed by atoms with Crippen LogP contribution < -0.4 is 5.32 Å². The minimum atomic E-state index is -0.0718. The number of nitrogens with one attached hydrogen (secondary N) is 1. The molecule has 4 nitrogen and oxygen atoms in total. The molecule has 0 saturated carbocycles. The lowest BCUT2D eigenvalue weighted by atomic mass is 10.1. The molecule has 0 radical (unpaired) electrons. The fraction of sp³-hybridized carbons (Fsp3) is 0.125. The van der Waals surface area contributed by atoms with E-state index >= 15 is 0 Å². The number of hydrogen-bond donors (Lipinski definition) is 1. The first kappa shape index (κ1) is 13.8. The van der Waals surface area contributed by atoms with E-state index in [0.717, 1.165) is 21.2 Å². The molecule has 0 saturated heterocycles. The van der Waals surface area contributed by atoms with Crippen molar-refractivity contribution in [3.8, 4) is 0 Å². The highest BCUT2D eigenvalue weighted by Crippen LogP contribution is 2.22. The number of nitrogens with zero attached hydrogens (tertiary/aromatic N) is 1. The maximum Gasteiger partial charge on any atom is 0.228 e. The van der Waals surface area contributed by atoms with Gasteiger partial charge in [-0.25, -0.2) is 4.98 Å². The van der Waals surface area contributed by atoms with Crippen molar-refractivity contribution in [3.05, 3.63) is 58.4 Å². The van der Waals surface area contributed by atoms with Crippen LogP contribution in [0.3, 0.4) is 0 Å². The smallest absolute Gasteiger partial charge is 0.228 e. The monoisotopic (exact) mass is 344 g/mol. The first-order chi connectivity index (χ1) is 10.1. The summed E-state index contributed by atoms with van der Waals surface area (Å²) < 4.78 is 6.34. The zero-order valence-electron chi connectivity index (χ0n) is 11.4. The Hall–Kier alpha value is -2.14. The van der Waals surface area contributed by atoms with E-state index in [1.807, 2.05) is 42.5 Å². The SMILES string of the molecule is Cc1nc2ccc(CC(=O)Nc3ccccc3Br)cc2o1. The van der Waals surface area contributed by atoms with Gasteiger partial charge < -0.3 is 9.73 Å². The van der Waals surface area contributed by atoms with Crippen molar-refractivity contribution in [1.82, 2.24) is 4.98 Å². The summed E-state index contributed by atoms with van der Waals surface area (Å²) in [5.74, 6) is 0.553. The number of para-hydroxylation sites is 1. The lowest BCUT2D eigenvalue weighted by Crippen LogP contribution is -2.14. The van der Waals surface area contributed by atoms with E-state index < -0.39 is 0 Å². The first-order valence-electron chi connectivity index (χ1n) is 6.52. The molecule has 2 aromatic carbocycles. The number of amides is 1. The van der Waals surface area contributed by atoms with Gasteiger partial charge in [0.05, 0.1) is 12.1 Å². The Morgan fingerprint density at radius 2 is 2.10 bits per heavy atom. The Morgan fingerprint density at radius 3 is 2.90 bits per heavy atom. The highest BCUT2D eigenvalue weighted by atomic mass is 79.9. The normalized spacial score (nSPS) is 10.8. The molecule has 5 heteroatoms. The van der Waals surface area contributed by atoms with Gasteiger partial charge in [-0.1, -0.05) is 18.2 Å². The van der Waals surface area contributed by atoms with Crippen LogP contribution in [0.15, 0.2) is 51.4 Å². The Labute approximate surface area is 130 Å². The first-order valence-corrected chi connectivity index (χ1v) is 7.31. The number of rotatable bonds is 3. The number of benzene rings is 2. The molecule has 1 aromatic heterocycles. The van der Waals surface area contributed by atoms with E-state index in [2.05, 4.69) is 26.2 Å². The second kappa shape index (κ2) is 5.69. The van der Waals surface area contributed by atoms with Crippen LogP contribution in [0.5, 0.6) is 0 Å². The van der Waals surface area contributed by atoms with Crippen molar-refractivity contribution in [2.24, 2.45) is 0 Å². The molecule has 3 rings (SSSR count). The molecule has 0 atom stereocenters. The molecule has 0 unspecified atom stereocenters. The molecular weight excluding hydrogens is 332 g/mol. The average molecular weight is 345 g/mol. The third kappa shape index (κ3) is 3.13. The lowest BCUT2D eigenvalue weighted by Gasteiger charge is -2.07. The summed E-state index contributed by atoms with van der Waals surface area (Å²) in [5.41, 5.74) is 3.17. The van der Waals surface area contributed by atoms with Crippen LogP contribution >= 0.6 is 15.9 Å². The third-order valence-corrected chi connectivity index (χ3v) is 3.76. The highest BCUT2D eigenvalue weighted by molar-refractivity contribution is 9.10. The van der Waals surface area contributed by atoms with Gasteiger partial charge in [-0.15, -0.1) is 0 Å². The average Bonchev–Trinajstić information content (AvgIpc) is 2.80. The quantitative estimate of drug-likeness (QED) is 0.778. The van der Waals surface area contributed by atoms with Gasteiger partial charge in [-0.2, -0.15) is 0 Å². The van der Waals surface area contributed by atoms with Crippen LogP contribution in [0.1, 0.15) is 11.5 Å². The number of aryl methyl sites for hydroxylation is 1. The summed E-state index contributed by atoms with van der Waals surface area (Å²) in [7, 11) is 0. The molecule has 3 aromatic rings. The molecule has 0 aliphatic carbocycles. The molecule has 21 heavy (non-hydrogen) atoms. The van der Waals surface area contributed by atoms with Gasteiger partial charge in [0, 0.05) is 11.4 Å². The minimum absolute atomic E-state index is 0.0718. The Morgan fingerprint density at radius 1 is 1.29 bits per heavy atom. The minimum Gasteiger partial charge on any atom is -0.441 e. The standard InChI is InChI=1S/C16H13BrN2O2/c1-10-18-14-7-6-11(8-15(14)21-10)9-16(20)19-13-5-3-2-4-12(13)17/h2-8H,9H2,1H3,(H,19,20). The van der Waals surface area contributed by atoms with Crippen LogP contribution in [-0.4, -0.2) is 10.9 Å². The molecule has 0 aliphatic heterocycles. The molecule has 1 N–H and O–H groups in total. The molecular formula is C16H13BrN2O2. The fourth-order valence-electron chi connectivity index (χ4n) is 2.14. The summed E-state index contributed by atoms with van der Waals surface area (Å²) in [6.07, 6.45) is 0.289. The van der Waals surface area contributed by atoms with Crippen LogP contribution in [-0.2, 0) is 11.2 Å². The van der Waals surface area contributed by atoms with Crippen molar-refractivity contribution in [2.45, 2.75) is 13.3 Å². The van der Waals surface area contributed by atoms with E-state index in [1.54, 1.807) is 6.92 Å². The summed E-state index contributed by atoms with van der Waals surface area (Å²) >= 11 is 3.41. The lowest BCUT2D eigenvalue weighted by molar-refractivity contribution is -0.115. The maximum atomic E-state index is 12.1. The van der Waals surface area contributed by atoms with Gasteiger partial charge in [0.15, 0.2) is 11.5 Å². The van der Waals surface area contributed by atoms with Crippen LogP contribution in [0.25, 0.3) is 11.1 Å². The van der Waals surface area contributed by atoms with E-state index in [-0.39, 0.29) is 12.3 Å². The maximum absolute atomic E-state index is 12.1. The Balaban J connectivity index is 1.75. The van der Waals surface area contributed by atoms with E-state index in [0.29, 0.717) is 11.5 Å². The number of fused-ring (bicyclic) bond motifs is 1. The summed E-state index contributed by atoms with van der Waals surface area (Å²) in [5, 5.41) is 2.88. The van der Waals surface area contributed by atoms with Crippen LogP contribution in [0.4, 0.5) is 5.69 Å². The fourth-order valence-corrected chi connectivity index (χ4v) is 2.52. The van der Waals surface area contributed by atoms with E-state index in [4.69, 9.17) is 4.42 Å². The number of carbonyl (C=O) groups excluding carboxylic acids is 1. The van der Waals surface area contributed by atoms with Gasteiger partial charge in [-0.3, -0.25) is 4.79 Å². The second-order valence-electron chi connectivity index (χ2n) is 4.74. The number of oxazole rings is 1. The van der Waals surface area contributed by atoms with Crippen molar-refractivity contribution in [3.63, 3.8) is 0 Å². The number of hydrogen-bond acceptors (Lipinski definition) is 3. The Kier molecular flexibility index (Phi) is 3.75. The van der Waals surface area contributed by atoms with E-state index in [1.165, 1.54) is 0 Å². The zero-order valence-corrected chi connectivity index (χ0v) is 13.0. The predicted molar refractivity (Wildman–Crippen MR) is 85.2 cm³/mol. The molecule has 0 bridgehead atoms. The van der Waals surface area contributed by atoms with Crippen molar-refractivity contribution in [2.75, 3.05) is 5.32 Å². The second-order valence-corrected chi connectivity index (χ2v) is 5.59. The summed E-state index contributed by atoms with van der Waals surface area (Å²) in [6.45, 7) is 1.80. The summed E-state index contributed by atoms with van der Waals surface area (Å²) in [6, 6.07) is 13.1. The number of anilines is 1. The largest absolute Gasteiger partial charge is 0.441 e. The topological polar surface area (TPSA) is 55.1 Å². The van der Waals surface area contributed by atoms with Crippen molar-refractivity contribution < 1.29 is 9.21 Å². The number of aromatic nitrogens is 1. The predicted octanol–water partition coefficient (Wildman–Crippen LogP) is 4.08. The van der Waals surface area contributed by atoms with Gasteiger partial charge in [0.2, 0.25) is 5.91 Å². The van der Waals surface area contributed by atoms with Gasteiger partial charge in [0.25, 0.3) is 0 Å².